The van der Waals surface area contributed by atoms with Crippen LogP contribution in [0.2, 0.25) is 0 Å². The molecule has 1 atom stereocenters. The summed E-state index contributed by atoms with van der Waals surface area (Å²) >= 11 is 0. The highest BCUT2D eigenvalue weighted by Gasteiger charge is 2.11. The van der Waals surface area contributed by atoms with Gasteiger partial charge in [0.25, 0.3) is 5.91 Å². The molecular formula is C19H23N3O4S. The molecule has 0 saturated carbocycles. The van der Waals surface area contributed by atoms with Gasteiger partial charge in [-0.1, -0.05) is 30.3 Å². The molecule has 0 spiro atoms. The fraction of sp³-hybridized carbons (Fsp3) is 0.263. The lowest BCUT2D eigenvalue weighted by atomic mass is 10.1. The van der Waals surface area contributed by atoms with Crippen LogP contribution in [0.5, 0.6) is 0 Å². The van der Waals surface area contributed by atoms with Crippen LogP contribution in [0.15, 0.2) is 59.5 Å². The lowest BCUT2D eigenvalue weighted by Crippen LogP contribution is -2.41. The lowest BCUT2D eigenvalue weighted by Gasteiger charge is -2.15. The topological polar surface area (TPSA) is 104 Å². The molecule has 0 heterocycles. The van der Waals surface area contributed by atoms with Crippen molar-refractivity contribution in [2.75, 3.05) is 19.3 Å². The molecule has 8 heteroatoms. The van der Waals surface area contributed by atoms with Crippen molar-refractivity contribution in [3.8, 4) is 0 Å². The van der Waals surface area contributed by atoms with Crippen molar-refractivity contribution in [2.45, 2.75) is 17.9 Å². The molecule has 0 fully saturated rings. The first-order valence-corrected chi connectivity index (χ1v) is 10.3. The van der Waals surface area contributed by atoms with Crippen molar-refractivity contribution in [2.24, 2.45) is 0 Å². The maximum Gasteiger partial charge on any atom is 0.315 e. The highest BCUT2D eigenvalue weighted by Crippen LogP contribution is 2.16. The number of sulfone groups is 1. The SMILES string of the molecule is CC(NC(=O)NCCNC(=O)c1ccccc1)c1ccc(S(C)(=O)=O)cc1. The van der Waals surface area contributed by atoms with Gasteiger partial charge in [0.15, 0.2) is 9.84 Å². The molecule has 2 rings (SSSR count). The summed E-state index contributed by atoms with van der Waals surface area (Å²) in [5, 5.41) is 8.15. The average Bonchev–Trinajstić information content (AvgIpc) is 2.65. The number of hydrogen-bond acceptors (Lipinski definition) is 4. The number of nitrogens with one attached hydrogen (secondary N) is 3. The predicted octanol–water partition coefficient (Wildman–Crippen LogP) is 1.88. The van der Waals surface area contributed by atoms with Crippen LogP contribution in [0.1, 0.15) is 28.9 Å². The number of carbonyl (C=O) groups excluding carboxylic acids is 2. The molecule has 2 aromatic rings. The van der Waals surface area contributed by atoms with Crippen LogP contribution in [0, 0.1) is 0 Å². The van der Waals surface area contributed by atoms with E-state index in [1.165, 1.54) is 12.1 Å². The molecule has 0 aliphatic rings. The molecule has 0 saturated heterocycles. The summed E-state index contributed by atoms with van der Waals surface area (Å²) in [7, 11) is -3.24. The van der Waals surface area contributed by atoms with Crippen LogP contribution in [0.25, 0.3) is 0 Å². The van der Waals surface area contributed by atoms with Gasteiger partial charge < -0.3 is 16.0 Å². The van der Waals surface area contributed by atoms with Gasteiger partial charge in [0.1, 0.15) is 0 Å². The predicted molar refractivity (Wildman–Crippen MR) is 103 cm³/mol. The minimum atomic E-state index is -3.24. The summed E-state index contributed by atoms with van der Waals surface area (Å²) in [5.74, 6) is -0.197. The second-order valence-electron chi connectivity index (χ2n) is 6.09. The van der Waals surface area contributed by atoms with Gasteiger partial charge in [0.05, 0.1) is 10.9 Å². The average molecular weight is 389 g/mol. The minimum absolute atomic E-state index is 0.197. The van der Waals surface area contributed by atoms with E-state index in [4.69, 9.17) is 0 Å². The molecule has 0 bridgehead atoms. The van der Waals surface area contributed by atoms with E-state index in [1.807, 2.05) is 6.07 Å². The lowest BCUT2D eigenvalue weighted by molar-refractivity contribution is 0.0953. The zero-order chi connectivity index (χ0) is 19.9. The molecule has 0 aliphatic carbocycles. The van der Waals surface area contributed by atoms with E-state index in [0.29, 0.717) is 12.1 Å². The summed E-state index contributed by atoms with van der Waals surface area (Å²) in [6, 6.07) is 14.5. The molecule has 1 unspecified atom stereocenters. The maximum absolute atomic E-state index is 11.9. The Balaban J connectivity index is 1.74. The van der Waals surface area contributed by atoms with Crippen molar-refractivity contribution in [1.29, 1.82) is 0 Å². The van der Waals surface area contributed by atoms with E-state index in [2.05, 4.69) is 16.0 Å². The number of carbonyl (C=O) groups is 2. The van der Waals surface area contributed by atoms with Gasteiger partial charge in [-0.05, 0) is 36.8 Å². The third-order valence-electron chi connectivity index (χ3n) is 3.89. The largest absolute Gasteiger partial charge is 0.350 e. The highest BCUT2D eigenvalue weighted by molar-refractivity contribution is 7.90. The zero-order valence-corrected chi connectivity index (χ0v) is 16.0. The molecule has 144 valence electrons. The molecule has 3 amide bonds. The van der Waals surface area contributed by atoms with Crippen molar-refractivity contribution >= 4 is 21.8 Å². The Morgan fingerprint density at radius 3 is 2.11 bits per heavy atom. The molecule has 0 radical (unpaired) electrons. The molecule has 0 aromatic heterocycles. The number of hydrogen-bond donors (Lipinski definition) is 3. The second-order valence-corrected chi connectivity index (χ2v) is 8.10. The summed E-state index contributed by atoms with van der Waals surface area (Å²) in [4.78, 5) is 24.0. The van der Waals surface area contributed by atoms with Crippen molar-refractivity contribution in [1.82, 2.24) is 16.0 Å². The van der Waals surface area contributed by atoms with Gasteiger partial charge in [0.2, 0.25) is 0 Å². The standard InChI is InChI=1S/C19H23N3O4S/c1-14(15-8-10-17(11-9-15)27(2,25)26)22-19(24)21-13-12-20-18(23)16-6-4-3-5-7-16/h3-11,14H,12-13H2,1-2H3,(H,20,23)(H2,21,22,24). The normalized spacial score (nSPS) is 12.1. The van der Waals surface area contributed by atoms with Crippen LogP contribution in [0.3, 0.4) is 0 Å². The van der Waals surface area contributed by atoms with Crippen LogP contribution < -0.4 is 16.0 Å². The van der Waals surface area contributed by atoms with Gasteiger partial charge in [0, 0.05) is 24.9 Å². The fourth-order valence-electron chi connectivity index (χ4n) is 2.38. The Hall–Kier alpha value is -2.87. The summed E-state index contributed by atoms with van der Waals surface area (Å²) in [5.41, 5.74) is 1.35. The molecular weight excluding hydrogens is 366 g/mol. The molecule has 3 N–H and O–H groups in total. The van der Waals surface area contributed by atoms with E-state index in [1.54, 1.807) is 43.3 Å². The van der Waals surface area contributed by atoms with E-state index in [9.17, 15) is 18.0 Å². The van der Waals surface area contributed by atoms with Crippen molar-refractivity contribution < 1.29 is 18.0 Å². The Morgan fingerprint density at radius 2 is 1.52 bits per heavy atom. The Kier molecular flexibility index (Phi) is 6.95. The van der Waals surface area contributed by atoms with Gasteiger partial charge in [-0.2, -0.15) is 0 Å². The number of rotatable bonds is 7. The monoisotopic (exact) mass is 389 g/mol. The Bertz CT molecular complexity index is 881. The first-order chi connectivity index (χ1) is 12.8. The first kappa shape index (κ1) is 20.4. The molecule has 2 aromatic carbocycles. The third kappa shape index (κ3) is 6.41. The van der Waals surface area contributed by atoms with Gasteiger partial charge >= 0.3 is 6.03 Å². The Morgan fingerprint density at radius 1 is 0.926 bits per heavy atom. The van der Waals surface area contributed by atoms with E-state index < -0.39 is 9.84 Å². The quantitative estimate of drug-likeness (QED) is 0.629. The van der Waals surface area contributed by atoms with Crippen molar-refractivity contribution in [3.05, 3.63) is 65.7 Å². The minimum Gasteiger partial charge on any atom is -0.350 e. The summed E-state index contributed by atoms with van der Waals surface area (Å²) < 4.78 is 22.9. The smallest absolute Gasteiger partial charge is 0.315 e. The summed E-state index contributed by atoms with van der Waals surface area (Å²) in [6.07, 6.45) is 1.15. The van der Waals surface area contributed by atoms with E-state index in [-0.39, 0.29) is 29.4 Å². The maximum atomic E-state index is 11.9. The zero-order valence-electron chi connectivity index (χ0n) is 15.2. The summed E-state index contributed by atoms with van der Waals surface area (Å²) in [6.45, 7) is 2.38. The molecule has 0 aliphatic heterocycles. The van der Waals surface area contributed by atoms with Gasteiger partial charge in [-0.3, -0.25) is 4.79 Å². The van der Waals surface area contributed by atoms with Crippen molar-refractivity contribution in [3.63, 3.8) is 0 Å². The van der Waals surface area contributed by atoms with Gasteiger partial charge in [-0.25, -0.2) is 13.2 Å². The second kappa shape index (κ2) is 9.18. The highest BCUT2D eigenvalue weighted by atomic mass is 32.2. The first-order valence-electron chi connectivity index (χ1n) is 8.45. The third-order valence-corrected chi connectivity index (χ3v) is 5.02. The fourth-order valence-corrected chi connectivity index (χ4v) is 3.01. The van der Waals surface area contributed by atoms with Crippen LogP contribution in [-0.4, -0.2) is 39.7 Å². The van der Waals surface area contributed by atoms with Gasteiger partial charge in [-0.15, -0.1) is 0 Å². The van der Waals surface area contributed by atoms with Crippen LogP contribution in [-0.2, 0) is 9.84 Å². The number of amides is 3. The Labute approximate surface area is 159 Å². The van der Waals surface area contributed by atoms with E-state index >= 15 is 0 Å². The number of urea groups is 1. The molecule has 27 heavy (non-hydrogen) atoms. The van der Waals surface area contributed by atoms with Crippen LogP contribution in [0.4, 0.5) is 4.79 Å². The van der Waals surface area contributed by atoms with E-state index in [0.717, 1.165) is 11.8 Å². The van der Waals surface area contributed by atoms with Crippen LogP contribution >= 0.6 is 0 Å². The number of benzene rings is 2. The molecule has 7 nitrogen and oxygen atoms in total.